The standard InChI is InChI=1S/C24H31N3O/c1-2-26(22-12-13-22)15-18-8-10-20(11-9-18)24(28)27-16-21(14-25)23(17-27)19-6-4-3-5-7-19/h3-11,21-23H,2,12-17,25H2,1H3/t21-,23+/m1/s1. The lowest BCUT2D eigenvalue weighted by atomic mass is 9.89. The molecule has 2 fully saturated rings. The van der Waals surface area contributed by atoms with Crippen molar-refractivity contribution in [2.75, 3.05) is 26.2 Å². The topological polar surface area (TPSA) is 49.6 Å². The molecule has 2 aromatic rings. The summed E-state index contributed by atoms with van der Waals surface area (Å²) in [7, 11) is 0. The van der Waals surface area contributed by atoms with Crippen molar-refractivity contribution in [3.8, 4) is 0 Å². The predicted molar refractivity (Wildman–Crippen MR) is 113 cm³/mol. The average Bonchev–Trinajstić information content (AvgIpc) is 3.50. The molecule has 1 saturated carbocycles. The van der Waals surface area contributed by atoms with Crippen molar-refractivity contribution in [3.05, 3.63) is 71.3 Å². The molecule has 4 rings (SSSR count). The SMILES string of the molecule is CCN(Cc1ccc(C(=O)N2C[C@@H](CN)[C@H](c3ccccc3)C2)cc1)C1CC1. The van der Waals surface area contributed by atoms with Gasteiger partial charge >= 0.3 is 0 Å². The van der Waals surface area contributed by atoms with E-state index in [4.69, 9.17) is 5.73 Å². The van der Waals surface area contributed by atoms with E-state index in [1.54, 1.807) is 0 Å². The summed E-state index contributed by atoms with van der Waals surface area (Å²) in [5.41, 5.74) is 9.38. The van der Waals surface area contributed by atoms with Crippen molar-refractivity contribution in [1.29, 1.82) is 0 Å². The maximum atomic E-state index is 13.1. The van der Waals surface area contributed by atoms with Gasteiger partial charge in [-0.15, -0.1) is 0 Å². The zero-order chi connectivity index (χ0) is 19.5. The molecule has 1 aliphatic carbocycles. The van der Waals surface area contributed by atoms with Crippen molar-refractivity contribution in [2.45, 2.75) is 38.3 Å². The third kappa shape index (κ3) is 4.13. The van der Waals surface area contributed by atoms with E-state index in [1.165, 1.54) is 24.0 Å². The third-order valence-electron chi connectivity index (χ3n) is 6.31. The monoisotopic (exact) mass is 377 g/mol. The molecule has 0 spiro atoms. The first kappa shape index (κ1) is 19.2. The van der Waals surface area contributed by atoms with Gasteiger partial charge in [0.1, 0.15) is 0 Å². The van der Waals surface area contributed by atoms with Gasteiger partial charge in [0.15, 0.2) is 0 Å². The first-order valence-corrected chi connectivity index (χ1v) is 10.6. The Labute approximate surface area is 168 Å². The fraction of sp³-hybridized carbons (Fsp3) is 0.458. The van der Waals surface area contributed by atoms with Crippen molar-refractivity contribution in [1.82, 2.24) is 9.80 Å². The van der Waals surface area contributed by atoms with Crippen molar-refractivity contribution in [2.24, 2.45) is 11.7 Å². The van der Waals surface area contributed by atoms with Gasteiger partial charge in [-0.3, -0.25) is 9.69 Å². The van der Waals surface area contributed by atoms with Crippen LogP contribution in [-0.2, 0) is 6.54 Å². The van der Waals surface area contributed by atoms with E-state index in [2.05, 4.69) is 48.2 Å². The van der Waals surface area contributed by atoms with Crippen LogP contribution in [0.3, 0.4) is 0 Å². The average molecular weight is 378 g/mol. The Morgan fingerprint density at radius 1 is 1.07 bits per heavy atom. The summed E-state index contributed by atoms with van der Waals surface area (Å²) in [6.45, 7) is 6.38. The fourth-order valence-corrected chi connectivity index (χ4v) is 4.46. The first-order valence-electron chi connectivity index (χ1n) is 10.6. The van der Waals surface area contributed by atoms with Crippen LogP contribution >= 0.6 is 0 Å². The van der Waals surface area contributed by atoms with Gasteiger partial charge in [-0.05, 0) is 55.1 Å². The Bertz CT molecular complexity index is 785. The van der Waals surface area contributed by atoms with E-state index >= 15 is 0 Å². The molecule has 0 radical (unpaired) electrons. The van der Waals surface area contributed by atoms with Crippen LogP contribution < -0.4 is 5.73 Å². The highest BCUT2D eigenvalue weighted by molar-refractivity contribution is 5.94. The van der Waals surface area contributed by atoms with Crippen molar-refractivity contribution >= 4 is 5.91 Å². The Balaban J connectivity index is 1.42. The van der Waals surface area contributed by atoms with Crippen LogP contribution in [0.15, 0.2) is 54.6 Å². The van der Waals surface area contributed by atoms with Gasteiger partial charge in [-0.1, -0.05) is 49.4 Å². The van der Waals surface area contributed by atoms with Crippen LogP contribution in [0.5, 0.6) is 0 Å². The Hall–Kier alpha value is -2.17. The van der Waals surface area contributed by atoms with Crippen molar-refractivity contribution in [3.63, 3.8) is 0 Å². The minimum absolute atomic E-state index is 0.123. The van der Waals surface area contributed by atoms with Gasteiger partial charge in [0.25, 0.3) is 5.91 Å². The van der Waals surface area contributed by atoms with Gasteiger partial charge in [0, 0.05) is 37.2 Å². The molecule has 148 valence electrons. The second-order valence-corrected chi connectivity index (χ2v) is 8.21. The lowest BCUT2D eigenvalue weighted by Crippen LogP contribution is -2.30. The largest absolute Gasteiger partial charge is 0.338 e. The first-order chi connectivity index (χ1) is 13.7. The van der Waals surface area contributed by atoms with E-state index in [1.807, 2.05) is 23.1 Å². The molecule has 28 heavy (non-hydrogen) atoms. The van der Waals surface area contributed by atoms with E-state index in [0.717, 1.165) is 37.8 Å². The van der Waals surface area contributed by atoms with Crippen LogP contribution in [0.1, 0.15) is 47.2 Å². The maximum absolute atomic E-state index is 13.1. The van der Waals surface area contributed by atoms with Crippen LogP contribution in [0.25, 0.3) is 0 Å². The minimum Gasteiger partial charge on any atom is -0.338 e. The Morgan fingerprint density at radius 2 is 1.79 bits per heavy atom. The van der Waals surface area contributed by atoms with Gasteiger partial charge in [-0.2, -0.15) is 0 Å². The molecule has 0 unspecified atom stereocenters. The summed E-state index contributed by atoms with van der Waals surface area (Å²) in [6.07, 6.45) is 2.65. The zero-order valence-corrected chi connectivity index (χ0v) is 16.8. The van der Waals surface area contributed by atoms with E-state index in [0.29, 0.717) is 18.4 Å². The Morgan fingerprint density at radius 3 is 2.39 bits per heavy atom. The molecule has 2 aromatic carbocycles. The molecule has 4 heteroatoms. The molecule has 2 atom stereocenters. The van der Waals surface area contributed by atoms with Crippen LogP contribution in [0, 0.1) is 5.92 Å². The molecule has 2 N–H and O–H groups in total. The molecule has 1 saturated heterocycles. The van der Waals surface area contributed by atoms with Crippen LogP contribution in [-0.4, -0.2) is 47.9 Å². The molecule has 0 aromatic heterocycles. The number of likely N-dealkylation sites (tertiary alicyclic amines) is 1. The predicted octanol–water partition coefficient (Wildman–Crippen LogP) is 3.49. The lowest BCUT2D eigenvalue weighted by molar-refractivity contribution is 0.0786. The number of rotatable bonds is 7. The molecule has 0 bridgehead atoms. The number of nitrogens with two attached hydrogens (primary N) is 1. The Kier molecular flexibility index (Phi) is 5.79. The van der Waals surface area contributed by atoms with Gasteiger partial charge < -0.3 is 10.6 Å². The summed E-state index contributed by atoms with van der Waals surface area (Å²) < 4.78 is 0. The van der Waals surface area contributed by atoms with Gasteiger partial charge in [-0.25, -0.2) is 0 Å². The molecule has 1 amide bonds. The quantitative estimate of drug-likeness (QED) is 0.804. The van der Waals surface area contributed by atoms with E-state index < -0.39 is 0 Å². The third-order valence-corrected chi connectivity index (χ3v) is 6.31. The number of carbonyl (C=O) groups excluding carboxylic acids is 1. The molecule has 1 heterocycles. The molecular weight excluding hydrogens is 346 g/mol. The lowest BCUT2D eigenvalue weighted by Gasteiger charge is -2.20. The van der Waals surface area contributed by atoms with Gasteiger partial charge in [0.05, 0.1) is 0 Å². The summed E-state index contributed by atoms with van der Waals surface area (Å²) in [4.78, 5) is 17.6. The smallest absolute Gasteiger partial charge is 0.253 e. The minimum atomic E-state index is 0.123. The fourth-order valence-electron chi connectivity index (χ4n) is 4.46. The number of hydrogen-bond acceptors (Lipinski definition) is 3. The highest BCUT2D eigenvalue weighted by Gasteiger charge is 2.35. The summed E-state index contributed by atoms with van der Waals surface area (Å²) >= 11 is 0. The van der Waals surface area contributed by atoms with E-state index in [9.17, 15) is 4.79 Å². The second kappa shape index (κ2) is 8.46. The molecule has 1 aliphatic heterocycles. The number of amides is 1. The number of carbonyl (C=O) groups is 1. The zero-order valence-electron chi connectivity index (χ0n) is 16.8. The van der Waals surface area contributed by atoms with E-state index in [-0.39, 0.29) is 5.91 Å². The number of benzene rings is 2. The summed E-state index contributed by atoms with van der Waals surface area (Å²) in [6, 6.07) is 19.4. The van der Waals surface area contributed by atoms with Crippen molar-refractivity contribution < 1.29 is 4.79 Å². The number of nitrogens with zero attached hydrogens (tertiary/aromatic N) is 2. The summed E-state index contributed by atoms with van der Waals surface area (Å²) in [5.74, 6) is 0.770. The van der Waals surface area contributed by atoms with Crippen LogP contribution in [0.4, 0.5) is 0 Å². The molecular formula is C24H31N3O. The maximum Gasteiger partial charge on any atom is 0.253 e. The van der Waals surface area contributed by atoms with Gasteiger partial charge in [0.2, 0.25) is 0 Å². The summed E-state index contributed by atoms with van der Waals surface area (Å²) in [5, 5.41) is 0. The highest BCUT2D eigenvalue weighted by Crippen LogP contribution is 2.33. The normalized spacial score (nSPS) is 22.0. The van der Waals surface area contributed by atoms with Crippen LogP contribution in [0.2, 0.25) is 0 Å². The second-order valence-electron chi connectivity index (χ2n) is 8.21. The molecule has 4 nitrogen and oxygen atoms in total. The highest BCUT2D eigenvalue weighted by atomic mass is 16.2. The molecule has 2 aliphatic rings. The number of hydrogen-bond donors (Lipinski definition) is 1.